The van der Waals surface area contributed by atoms with Crippen molar-refractivity contribution in [3.63, 3.8) is 0 Å². The van der Waals surface area contributed by atoms with E-state index < -0.39 is 0 Å². The van der Waals surface area contributed by atoms with Gasteiger partial charge < -0.3 is 0 Å². The lowest BCUT2D eigenvalue weighted by atomic mass is 9.68. The lowest BCUT2D eigenvalue weighted by Gasteiger charge is -2.35. The molecule has 2 aliphatic carbocycles. The van der Waals surface area contributed by atoms with Gasteiger partial charge in [-0.1, -0.05) is 112 Å². The number of fused-ring (bicyclic) bond motifs is 6. The second-order valence-electron chi connectivity index (χ2n) is 9.77. The number of benzene rings is 4. The molecule has 0 N–H and O–H groups in total. The van der Waals surface area contributed by atoms with Crippen molar-refractivity contribution in [1.29, 1.82) is 0 Å². The topological polar surface area (TPSA) is 0 Å². The zero-order valence-corrected chi connectivity index (χ0v) is 19.1. The highest BCUT2D eigenvalue weighted by Gasteiger charge is 2.36. The normalized spacial score (nSPS) is 13.4. The van der Waals surface area contributed by atoms with Crippen LogP contribution in [0.15, 0.2) is 84.9 Å². The first-order chi connectivity index (χ1) is 15.7. The summed E-state index contributed by atoms with van der Waals surface area (Å²) in [5.41, 5.74) is 14.8. The molecule has 0 radical (unpaired) electrons. The van der Waals surface area contributed by atoms with Crippen molar-refractivity contribution in [2.45, 2.75) is 51.4 Å². The zero-order chi connectivity index (χ0) is 21.7. The Labute approximate surface area is 192 Å². The highest BCUT2D eigenvalue weighted by molar-refractivity contribution is 5.81. The van der Waals surface area contributed by atoms with E-state index in [1.165, 1.54) is 63.8 Å². The molecule has 158 valence electrons. The third-order valence-corrected chi connectivity index (χ3v) is 7.92. The van der Waals surface area contributed by atoms with Crippen LogP contribution in [-0.4, -0.2) is 0 Å². The highest BCUT2D eigenvalue weighted by atomic mass is 14.4. The summed E-state index contributed by atoms with van der Waals surface area (Å²) in [5, 5.41) is 0. The molecule has 0 nitrogen and oxygen atoms in total. The van der Waals surface area contributed by atoms with E-state index in [9.17, 15) is 0 Å². The molecule has 0 atom stereocenters. The molecule has 32 heavy (non-hydrogen) atoms. The molecule has 0 spiro atoms. The molecule has 0 aromatic heterocycles. The van der Waals surface area contributed by atoms with Gasteiger partial charge in [0.1, 0.15) is 0 Å². The Morgan fingerprint density at radius 2 is 1.06 bits per heavy atom. The third kappa shape index (κ3) is 2.82. The maximum absolute atomic E-state index is 2.51. The minimum atomic E-state index is 0.0107. The van der Waals surface area contributed by atoms with Gasteiger partial charge in [-0.25, -0.2) is 0 Å². The van der Waals surface area contributed by atoms with Gasteiger partial charge in [-0.05, 0) is 74.9 Å². The smallest absolute Gasteiger partial charge is 0.0180 e. The van der Waals surface area contributed by atoms with Gasteiger partial charge in [0.15, 0.2) is 0 Å². The number of rotatable bonds is 5. The molecular formula is C32H30. The molecule has 0 fully saturated rings. The lowest BCUT2D eigenvalue weighted by molar-refractivity contribution is 0.488. The molecule has 0 aliphatic heterocycles. The molecule has 0 unspecified atom stereocenters. The Morgan fingerprint density at radius 1 is 0.594 bits per heavy atom. The van der Waals surface area contributed by atoms with Crippen LogP contribution in [-0.2, 0) is 18.3 Å². The van der Waals surface area contributed by atoms with Crippen LogP contribution in [0.2, 0.25) is 0 Å². The minimum absolute atomic E-state index is 0.0107. The van der Waals surface area contributed by atoms with E-state index in [1.807, 2.05) is 0 Å². The lowest BCUT2D eigenvalue weighted by Crippen LogP contribution is -2.27. The van der Waals surface area contributed by atoms with Gasteiger partial charge in [-0.2, -0.15) is 0 Å². The molecule has 0 heterocycles. The predicted octanol–water partition coefficient (Wildman–Crippen LogP) is 8.33. The molecule has 0 saturated carbocycles. The highest BCUT2D eigenvalue weighted by Crippen LogP contribution is 2.49. The van der Waals surface area contributed by atoms with Crippen LogP contribution in [0.5, 0.6) is 0 Å². The van der Waals surface area contributed by atoms with Crippen LogP contribution >= 0.6 is 0 Å². The maximum atomic E-state index is 2.51. The average Bonchev–Trinajstić information content (AvgIpc) is 3.40. The quantitative estimate of drug-likeness (QED) is 0.266. The van der Waals surface area contributed by atoms with Crippen LogP contribution in [0.25, 0.3) is 22.3 Å². The van der Waals surface area contributed by atoms with E-state index in [4.69, 9.17) is 0 Å². The van der Waals surface area contributed by atoms with Gasteiger partial charge in [-0.15, -0.1) is 0 Å². The first-order valence-corrected chi connectivity index (χ1v) is 12.1. The molecule has 0 saturated heterocycles. The van der Waals surface area contributed by atoms with E-state index in [0.717, 1.165) is 12.8 Å². The second kappa shape index (κ2) is 7.48. The Morgan fingerprint density at radius 3 is 1.56 bits per heavy atom. The molecule has 0 amide bonds. The zero-order valence-electron chi connectivity index (χ0n) is 19.1. The number of hydrogen-bond acceptors (Lipinski definition) is 0. The summed E-state index contributed by atoms with van der Waals surface area (Å²) in [6.45, 7) is 4.83. The van der Waals surface area contributed by atoms with Gasteiger partial charge in [0.05, 0.1) is 0 Å². The number of unbranched alkanes of at least 4 members (excludes halogenated alkanes) is 1. The molecule has 4 aromatic carbocycles. The Balaban J connectivity index is 1.55. The third-order valence-electron chi connectivity index (χ3n) is 7.92. The minimum Gasteiger partial charge on any atom is -0.0654 e. The summed E-state index contributed by atoms with van der Waals surface area (Å²) >= 11 is 0. The van der Waals surface area contributed by atoms with E-state index in [0.29, 0.717) is 0 Å². The van der Waals surface area contributed by atoms with Crippen molar-refractivity contribution in [1.82, 2.24) is 0 Å². The van der Waals surface area contributed by atoms with Gasteiger partial charge in [0.2, 0.25) is 0 Å². The Hall–Kier alpha value is -3.12. The van der Waals surface area contributed by atoms with E-state index in [-0.39, 0.29) is 5.41 Å². The summed E-state index contributed by atoms with van der Waals surface area (Å²) in [4.78, 5) is 0. The van der Waals surface area contributed by atoms with E-state index in [2.05, 4.69) is 98.8 Å². The fourth-order valence-corrected chi connectivity index (χ4v) is 6.29. The van der Waals surface area contributed by atoms with Crippen molar-refractivity contribution in [2.24, 2.45) is 0 Å². The fraction of sp³-hybridized carbons (Fsp3) is 0.250. The van der Waals surface area contributed by atoms with E-state index >= 15 is 0 Å². The van der Waals surface area contributed by atoms with E-state index in [1.54, 1.807) is 11.1 Å². The summed E-state index contributed by atoms with van der Waals surface area (Å²) < 4.78 is 0. The van der Waals surface area contributed by atoms with Crippen LogP contribution in [0, 0.1) is 0 Å². The molecule has 4 aromatic rings. The maximum Gasteiger partial charge on any atom is 0.0180 e. The van der Waals surface area contributed by atoms with Gasteiger partial charge in [0.25, 0.3) is 0 Å². The predicted molar refractivity (Wildman–Crippen MR) is 135 cm³/mol. The van der Waals surface area contributed by atoms with Crippen molar-refractivity contribution < 1.29 is 0 Å². The van der Waals surface area contributed by atoms with Crippen molar-refractivity contribution in [3.05, 3.63) is 118 Å². The van der Waals surface area contributed by atoms with Crippen LogP contribution in [0.4, 0.5) is 0 Å². The van der Waals surface area contributed by atoms with Crippen LogP contribution < -0.4 is 0 Å². The second-order valence-corrected chi connectivity index (χ2v) is 9.77. The van der Waals surface area contributed by atoms with Gasteiger partial charge in [0, 0.05) is 5.41 Å². The molecular weight excluding hydrogens is 384 g/mol. The Bertz CT molecular complexity index is 1230. The monoisotopic (exact) mass is 414 g/mol. The first kappa shape index (κ1) is 19.6. The first-order valence-electron chi connectivity index (χ1n) is 12.1. The summed E-state index contributed by atoms with van der Waals surface area (Å²) in [6.07, 6.45) is 5.75. The van der Waals surface area contributed by atoms with Gasteiger partial charge in [-0.3, -0.25) is 0 Å². The van der Waals surface area contributed by atoms with Gasteiger partial charge >= 0.3 is 0 Å². The van der Waals surface area contributed by atoms with Crippen molar-refractivity contribution in [3.8, 4) is 22.3 Å². The average molecular weight is 415 g/mol. The summed E-state index contributed by atoms with van der Waals surface area (Å²) in [6, 6.07) is 32.0. The van der Waals surface area contributed by atoms with Crippen molar-refractivity contribution >= 4 is 0 Å². The molecule has 6 rings (SSSR count). The van der Waals surface area contributed by atoms with Crippen LogP contribution in [0.1, 0.15) is 66.5 Å². The molecule has 0 heteroatoms. The standard InChI is InChI=1S/C32H30/c1-3-4-19-32(2,30-17-9-15-26-24-13-7-5-11-22(24)20-28(26)30)31-18-10-16-27-25-14-8-6-12-23(25)21-29(27)31/h5-18H,3-4,19-21H2,1-2H3. The summed E-state index contributed by atoms with van der Waals surface area (Å²) in [5.74, 6) is 0. The number of hydrogen-bond donors (Lipinski definition) is 0. The fourth-order valence-electron chi connectivity index (χ4n) is 6.29. The van der Waals surface area contributed by atoms with Crippen LogP contribution in [0.3, 0.4) is 0 Å². The Kier molecular flexibility index (Phi) is 4.57. The SMILES string of the molecule is CCCCC(C)(c1cccc2c1Cc1ccccc1-2)c1cccc2c1Cc1ccccc1-2. The molecule has 2 aliphatic rings. The summed E-state index contributed by atoms with van der Waals surface area (Å²) in [7, 11) is 0. The van der Waals surface area contributed by atoms with Crippen molar-refractivity contribution in [2.75, 3.05) is 0 Å². The largest absolute Gasteiger partial charge is 0.0654 e. The molecule has 0 bridgehead atoms.